The van der Waals surface area contributed by atoms with E-state index >= 15 is 0 Å². The Morgan fingerprint density at radius 3 is 2.70 bits per heavy atom. The molecule has 2 N–H and O–H groups in total. The number of alkyl halides is 3. The van der Waals surface area contributed by atoms with Crippen molar-refractivity contribution in [3.8, 4) is 23.3 Å². The van der Waals surface area contributed by atoms with Crippen molar-refractivity contribution in [2.24, 2.45) is 0 Å². The number of urea groups is 1. The first-order valence-corrected chi connectivity index (χ1v) is 9.26. The van der Waals surface area contributed by atoms with Gasteiger partial charge in [0.2, 0.25) is 0 Å². The van der Waals surface area contributed by atoms with Crippen molar-refractivity contribution < 1.29 is 27.4 Å². The molecule has 1 aliphatic rings. The molecule has 0 aromatic heterocycles. The summed E-state index contributed by atoms with van der Waals surface area (Å²) in [7, 11) is 0. The van der Waals surface area contributed by atoms with Gasteiger partial charge in [-0.15, -0.1) is 0 Å². The highest BCUT2D eigenvalue weighted by Gasteiger charge is 2.33. The Bertz CT molecular complexity index is 991. The minimum Gasteiger partial charge on any atom is -0.483 e. The lowest BCUT2D eigenvalue weighted by molar-refractivity contribution is -0.136. The first-order chi connectivity index (χ1) is 14.2. The predicted molar refractivity (Wildman–Crippen MR) is 107 cm³/mol. The van der Waals surface area contributed by atoms with Crippen molar-refractivity contribution in [2.75, 3.05) is 18.5 Å². The van der Waals surface area contributed by atoms with E-state index in [1.807, 2.05) is 26.0 Å². The third-order valence-electron chi connectivity index (χ3n) is 4.30. The molecule has 2 aromatic carbocycles. The third-order valence-corrected chi connectivity index (χ3v) is 4.30. The number of benzene rings is 2. The van der Waals surface area contributed by atoms with Gasteiger partial charge in [0.05, 0.1) is 17.8 Å². The number of anilines is 1. The van der Waals surface area contributed by atoms with Crippen LogP contribution in [0.1, 0.15) is 25.0 Å². The molecule has 158 valence electrons. The Morgan fingerprint density at radius 2 is 1.93 bits per heavy atom. The average Bonchev–Trinajstić information content (AvgIpc) is 2.98. The molecule has 0 fully saturated rings. The number of fused-ring (bicyclic) bond motifs is 1. The molecule has 0 saturated heterocycles. The largest absolute Gasteiger partial charge is 0.483 e. The number of nitrogens with one attached hydrogen (secondary N) is 2. The van der Waals surface area contributed by atoms with E-state index in [9.17, 15) is 18.0 Å². The molecule has 0 spiro atoms. The molecule has 0 radical (unpaired) electrons. The SMILES string of the molecule is CC1(C)Cc2cccc(OCC#CCNC(=O)Nc3ccccc3C(F)(F)F)c2O1. The number of rotatable bonds is 4. The zero-order valence-corrected chi connectivity index (χ0v) is 16.5. The van der Waals surface area contributed by atoms with E-state index in [4.69, 9.17) is 9.47 Å². The van der Waals surface area contributed by atoms with E-state index < -0.39 is 17.8 Å². The Balaban J connectivity index is 1.47. The second-order valence-corrected chi connectivity index (χ2v) is 7.28. The molecule has 3 rings (SSSR count). The number of carbonyl (C=O) groups excluding carboxylic acids is 1. The average molecular weight is 418 g/mol. The molecule has 0 aliphatic carbocycles. The summed E-state index contributed by atoms with van der Waals surface area (Å²) in [5.41, 5.74) is -0.446. The van der Waals surface area contributed by atoms with E-state index in [0.29, 0.717) is 11.5 Å². The molecule has 2 amide bonds. The van der Waals surface area contributed by atoms with Crippen LogP contribution in [0.5, 0.6) is 11.5 Å². The molecule has 0 unspecified atom stereocenters. The molecule has 1 heterocycles. The summed E-state index contributed by atoms with van der Waals surface area (Å²) in [5.74, 6) is 6.75. The van der Waals surface area contributed by atoms with Crippen LogP contribution in [0.25, 0.3) is 0 Å². The molecule has 2 aromatic rings. The van der Waals surface area contributed by atoms with Crippen LogP contribution in [-0.2, 0) is 12.6 Å². The second-order valence-electron chi connectivity index (χ2n) is 7.28. The minimum absolute atomic E-state index is 0.0419. The van der Waals surface area contributed by atoms with Crippen molar-refractivity contribution in [3.05, 3.63) is 53.6 Å². The second kappa shape index (κ2) is 8.57. The lowest BCUT2D eigenvalue weighted by Gasteiger charge is -2.17. The summed E-state index contributed by atoms with van der Waals surface area (Å²) in [6.45, 7) is 4.04. The minimum atomic E-state index is -4.56. The third kappa shape index (κ3) is 5.38. The highest BCUT2D eigenvalue weighted by atomic mass is 19.4. The molecular weight excluding hydrogens is 397 g/mol. The van der Waals surface area contributed by atoms with Gasteiger partial charge in [-0.05, 0) is 32.0 Å². The van der Waals surface area contributed by atoms with Gasteiger partial charge < -0.3 is 20.1 Å². The van der Waals surface area contributed by atoms with E-state index in [2.05, 4.69) is 22.5 Å². The number of amides is 2. The number of carbonyl (C=O) groups is 1. The van der Waals surface area contributed by atoms with Crippen LogP contribution in [0, 0.1) is 11.8 Å². The molecule has 8 heteroatoms. The van der Waals surface area contributed by atoms with Gasteiger partial charge in [-0.3, -0.25) is 0 Å². The Kier molecular flexibility index (Phi) is 6.11. The fourth-order valence-corrected chi connectivity index (χ4v) is 3.06. The van der Waals surface area contributed by atoms with Crippen LogP contribution >= 0.6 is 0 Å². The number of halogens is 3. The van der Waals surface area contributed by atoms with Crippen molar-refractivity contribution in [1.82, 2.24) is 5.32 Å². The maximum Gasteiger partial charge on any atom is 0.418 e. The predicted octanol–water partition coefficient (Wildman–Crippen LogP) is 4.62. The molecular formula is C22H21F3N2O3. The lowest BCUT2D eigenvalue weighted by Crippen LogP contribution is -2.30. The quantitative estimate of drug-likeness (QED) is 0.713. The summed E-state index contributed by atoms with van der Waals surface area (Å²) in [6, 6.07) is 9.64. The summed E-state index contributed by atoms with van der Waals surface area (Å²) in [4.78, 5) is 11.8. The maximum absolute atomic E-state index is 12.9. The molecule has 0 bridgehead atoms. The summed E-state index contributed by atoms with van der Waals surface area (Å²) in [6.07, 6.45) is -3.76. The number of para-hydroxylation sites is 2. The van der Waals surface area contributed by atoms with E-state index in [0.717, 1.165) is 18.1 Å². The van der Waals surface area contributed by atoms with E-state index in [1.54, 1.807) is 6.07 Å². The van der Waals surface area contributed by atoms with Gasteiger partial charge in [0.15, 0.2) is 11.5 Å². The van der Waals surface area contributed by atoms with Crippen molar-refractivity contribution in [2.45, 2.75) is 32.0 Å². The summed E-state index contributed by atoms with van der Waals surface area (Å²) >= 11 is 0. The van der Waals surface area contributed by atoms with E-state index in [-0.39, 0.29) is 24.4 Å². The van der Waals surface area contributed by atoms with Gasteiger partial charge in [0.1, 0.15) is 12.2 Å². The number of ether oxygens (including phenoxy) is 2. The van der Waals surface area contributed by atoms with Crippen LogP contribution in [0.15, 0.2) is 42.5 Å². The summed E-state index contributed by atoms with van der Waals surface area (Å²) < 4.78 is 50.4. The van der Waals surface area contributed by atoms with Gasteiger partial charge in [0, 0.05) is 12.0 Å². The van der Waals surface area contributed by atoms with Crippen molar-refractivity contribution in [3.63, 3.8) is 0 Å². The van der Waals surface area contributed by atoms with Gasteiger partial charge in [-0.1, -0.05) is 36.1 Å². The first-order valence-electron chi connectivity index (χ1n) is 9.26. The standard InChI is InChI=1S/C22H21F3N2O3/c1-21(2)14-15-8-7-11-18(19(15)30-21)29-13-6-5-12-26-20(28)27-17-10-4-3-9-16(17)22(23,24)25/h3-4,7-11H,12-14H2,1-2H3,(H2,26,27,28). The van der Waals surface area contributed by atoms with Crippen molar-refractivity contribution in [1.29, 1.82) is 0 Å². The number of hydrogen-bond acceptors (Lipinski definition) is 3. The van der Waals surface area contributed by atoms with Crippen LogP contribution < -0.4 is 20.1 Å². The normalized spacial score (nSPS) is 14.0. The Morgan fingerprint density at radius 1 is 1.17 bits per heavy atom. The fourth-order valence-electron chi connectivity index (χ4n) is 3.06. The number of hydrogen-bond donors (Lipinski definition) is 2. The molecule has 30 heavy (non-hydrogen) atoms. The Labute approximate surface area is 172 Å². The van der Waals surface area contributed by atoms with Gasteiger partial charge in [-0.2, -0.15) is 13.2 Å². The molecule has 5 nitrogen and oxygen atoms in total. The van der Waals surface area contributed by atoms with Crippen LogP contribution in [0.3, 0.4) is 0 Å². The molecule has 1 aliphatic heterocycles. The zero-order chi connectivity index (χ0) is 21.8. The monoisotopic (exact) mass is 418 g/mol. The highest BCUT2D eigenvalue weighted by Crippen LogP contribution is 2.41. The van der Waals surface area contributed by atoms with Crippen LogP contribution in [-0.4, -0.2) is 24.8 Å². The zero-order valence-electron chi connectivity index (χ0n) is 16.5. The van der Waals surface area contributed by atoms with Crippen molar-refractivity contribution >= 4 is 11.7 Å². The molecule has 0 atom stereocenters. The van der Waals surface area contributed by atoms with E-state index in [1.165, 1.54) is 18.2 Å². The molecule has 0 saturated carbocycles. The topological polar surface area (TPSA) is 59.6 Å². The van der Waals surface area contributed by atoms with Gasteiger partial charge in [-0.25, -0.2) is 4.79 Å². The highest BCUT2D eigenvalue weighted by molar-refractivity contribution is 5.90. The van der Waals surface area contributed by atoms with Crippen LogP contribution in [0.4, 0.5) is 23.7 Å². The Hall–Kier alpha value is -3.34. The maximum atomic E-state index is 12.9. The smallest absolute Gasteiger partial charge is 0.418 e. The summed E-state index contributed by atoms with van der Waals surface area (Å²) in [5, 5.41) is 4.57. The lowest BCUT2D eigenvalue weighted by atomic mass is 10.0. The van der Waals surface area contributed by atoms with Gasteiger partial charge in [0.25, 0.3) is 0 Å². The van der Waals surface area contributed by atoms with Crippen LogP contribution in [0.2, 0.25) is 0 Å². The fraction of sp³-hybridized carbons (Fsp3) is 0.318. The first kappa shape index (κ1) is 21.4. The van der Waals surface area contributed by atoms with Gasteiger partial charge >= 0.3 is 12.2 Å².